The van der Waals surface area contributed by atoms with Crippen LogP contribution in [0.1, 0.15) is 19.8 Å². The van der Waals surface area contributed by atoms with E-state index in [9.17, 15) is 14.4 Å². The number of amides is 2. The molecular formula is C11H16N2O4S. The van der Waals surface area contributed by atoms with E-state index in [1.165, 1.54) is 28.5 Å². The van der Waals surface area contributed by atoms with Gasteiger partial charge in [0, 0.05) is 19.2 Å². The van der Waals surface area contributed by atoms with Crippen LogP contribution in [-0.4, -0.2) is 62.9 Å². The zero-order chi connectivity index (χ0) is 13.3. The summed E-state index contributed by atoms with van der Waals surface area (Å²) in [5.74, 6) is -0.246. The van der Waals surface area contributed by atoms with E-state index in [4.69, 9.17) is 5.11 Å². The molecule has 0 spiro atoms. The van der Waals surface area contributed by atoms with Gasteiger partial charge < -0.3 is 14.9 Å². The van der Waals surface area contributed by atoms with Gasteiger partial charge in [-0.1, -0.05) is 0 Å². The molecule has 0 radical (unpaired) electrons. The van der Waals surface area contributed by atoms with Crippen molar-refractivity contribution in [3.8, 4) is 0 Å². The van der Waals surface area contributed by atoms with E-state index in [0.29, 0.717) is 31.0 Å². The number of likely N-dealkylation sites (tertiary alicyclic amines) is 1. The largest absolute Gasteiger partial charge is 0.480 e. The standard InChI is InChI=1S/C11H16N2O4S/c1-7(14)13-6-18-5-9(13)10(15)12-4-2-3-8(12)11(16)17/h8-9H,2-6H2,1H3,(H,16,17)/t8-,9-/m1/s1. The van der Waals surface area contributed by atoms with E-state index in [2.05, 4.69) is 0 Å². The Hall–Kier alpha value is -1.24. The van der Waals surface area contributed by atoms with E-state index >= 15 is 0 Å². The van der Waals surface area contributed by atoms with Crippen molar-refractivity contribution in [2.45, 2.75) is 31.8 Å². The van der Waals surface area contributed by atoms with Crippen molar-refractivity contribution in [1.82, 2.24) is 9.80 Å². The summed E-state index contributed by atoms with van der Waals surface area (Å²) >= 11 is 1.53. The van der Waals surface area contributed by atoms with Gasteiger partial charge in [-0.25, -0.2) is 4.79 Å². The number of thioether (sulfide) groups is 1. The average molecular weight is 272 g/mol. The Morgan fingerprint density at radius 1 is 1.22 bits per heavy atom. The molecule has 100 valence electrons. The number of carboxylic acids is 1. The fourth-order valence-corrected chi connectivity index (χ4v) is 3.65. The monoisotopic (exact) mass is 272 g/mol. The van der Waals surface area contributed by atoms with Crippen LogP contribution in [0.4, 0.5) is 0 Å². The van der Waals surface area contributed by atoms with Crippen LogP contribution >= 0.6 is 11.8 Å². The summed E-state index contributed by atoms with van der Waals surface area (Å²) < 4.78 is 0. The first-order valence-electron chi connectivity index (χ1n) is 5.90. The summed E-state index contributed by atoms with van der Waals surface area (Å²) in [6.07, 6.45) is 1.21. The van der Waals surface area contributed by atoms with Gasteiger partial charge in [-0.15, -0.1) is 11.8 Å². The van der Waals surface area contributed by atoms with Gasteiger partial charge in [0.15, 0.2) is 0 Å². The van der Waals surface area contributed by atoms with Gasteiger partial charge in [-0.2, -0.15) is 0 Å². The fraction of sp³-hybridized carbons (Fsp3) is 0.727. The van der Waals surface area contributed by atoms with Crippen LogP contribution in [0.2, 0.25) is 0 Å². The first-order valence-corrected chi connectivity index (χ1v) is 7.06. The molecule has 2 aliphatic rings. The summed E-state index contributed by atoms with van der Waals surface area (Å²) in [6.45, 7) is 1.91. The molecule has 18 heavy (non-hydrogen) atoms. The minimum absolute atomic E-state index is 0.135. The highest BCUT2D eigenvalue weighted by Gasteiger charge is 2.41. The number of carboxylic acid groups (broad SMARTS) is 1. The second-order valence-electron chi connectivity index (χ2n) is 4.53. The summed E-state index contributed by atoms with van der Waals surface area (Å²) in [5, 5.41) is 9.07. The minimum atomic E-state index is -0.958. The lowest BCUT2D eigenvalue weighted by Crippen LogP contribution is -2.51. The Kier molecular flexibility index (Phi) is 3.79. The van der Waals surface area contributed by atoms with Crippen molar-refractivity contribution in [3.63, 3.8) is 0 Å². The quantitative estimate of drug-likeness (QED) is 0.764. The van der Waals surface area contributed by atoms with Crippen LogP contribution in [0.5, 0.6) is 0 Å². The highest BCUT2D eigenvalue weighted by atomic mass is 32.2. The normalized spacial score (nSPS) is 27.6. The summed E-state index contributed by atoms with van der Waals surface area (Å²) in [7, 11) is 0. The second kappa shape index (κ2) is 5.17. The number of carbonyl (C=O) groups excluding carboxylic acids is 2. The number of hydrogen-bond donors (Lipinski definition) is 1. The third kappa shape index (κ3) is 2.31. The Morgan fingerprint density at radius 3 is 2.56 bits per heavy atom. The predicted molar refractivity (Wildman–Crippen MR) is 66.0 cm³/mol. The summed E-state index contributed by atoms with van der Waals surface area (Å²) in [4.78, 5) is 37.7. The molecule has 6 nitrogen and oxygen atoms in total. The first-order chi connectivity index (χ1) is 8.52. The van der Waals surface area contributed by atoms with Crippen molar-refractivity contribution in [2.24, 2.45) is 0 Å². The molecule has 1 N–H and O–H groups in total. The van der Waals surface area contributed by atoms with Crippen molar-refractivity contribution in [2.75, 3.05) is 18.2 Å². The number of nitrogens with zero attached hydrogens (tertiary/aromatic N) is 2. The SMILES string of the molecule is CC(=O)N1CSC[C@@H]1C(=O)N1CCC[C@@H]1C(=O)O. The van der Waals surface area contributed by atoms with E-state index < -0.39 is 18.1 Å². The molecule has 0 aliphatic carbocycles. The number of rotatable bonds is 2. The third-order valence-corrected chi connectivity index (χ3v) is 4.40. The molecule has 2 heterocycles. The molecule has 0 unspecified atom stereocenters. The van der Waals surface area contributed by atoms with E-state index in [1.54, 1.807) is 0 Å². The molecule has 2 saturated heterocycles. The van der Waals surface area contributed by atoms with Gasteiger partial charge in [0.05, 0.1) is 5.88 Å². The zero-order valence-corrected chi connectivity index (χ0v) is 11.0. The zero-order valence-electron chi connectivity index (χ0n) is 10.2. The molecule has 0 aromatic heterocycles. The molecule has 2 atom stereocenters. The fourth-order valence-electron chi connectivity index (χ4n) is 2.44. The molecule has 0 bridgehead atoms. The second-order valence-corrected chi connectivity index (χ2v) is 5.53. The number of aliphatic carboxylic acids is 1. The summed E-state index contributed by atoms with van der Waals surface area (Å²) in [5.41, 5.74) is 0. The highest BCUT2D eigenvalue weighted by Crippen LogP contribution is 2.26. The maximum atomic E-state index is 12.3. The van der Waals surface area contributed by atoms with Gasteiger partial charge in [0.25, 0.3) is 0 Å². The van der Waals surface area contributed by atoms with E-state index in [-0.39, 0.29) is 11.8 Å². The first kappa shape index (κ1) is 13.2. The molecule has 2 rings (SSSR count). The van der Waals surface area contributed by atoms with Crippen LogP contribution in [0.25, 0.3) is 0 Å². The van der Waals surface area contributed by atoms with Crippen molar-refractivity contribution in [3.05, 3.63) is 0 Å². The molecular weight excluding hydrogens is 256 g/mol. The topological polar surface area (TPSA) is 77.9 Å². The molecule has 0 saturated carbocycles. The minimum Gasteiger partial charge on any atom is -0.480 e. The van der Waals surface area contributed by atoms with Crippen LogP contribution in [0.3, 0.4) is 0 Å². The average Bonchev–Trinajstić information content (AvgIpc) is 2.97. The van der Waals surface area contributed by atoms with Crippen LogP contribution in [0, 0.1) is 0 Å². The lowest BCUT2D eigenvalue weighted by atomic mass is 10.2. The van der Waals surface area contributed by atoms with Gasteiger partial charge >= 0.3 is 5.97 Å². The Morgan fingerprint density at radius 2 is 1.94 bits per heavy atom. The Balaban J connectivity index is 2.11. The molecule has 0 aromatic rings. The van der Waals surface area contributed by atoms with E-state index in [0.717, 1.165) is 0 Å². The Labute approximate surface area is 109 Å². The van der Waals surface area contributed by atoms with Crippen LogP contribution < -0.4 is 0 Å². The molecule has 7 heteroatoms. The Bertz CT molecular complexity index is 353. The highest BCUT2D eigenvalue weighted by molar-refractivity contribution is 7.99. The predicted octanol–water partition coefficient (Wildman–Crippen LogP) is -0.0166. The van der Waals surface area contributed by atoms with Crippen molar-refractivity contribution >= 4 is 29.5 Å². The molecule has 0 aromatic carbocycles. The third-order valence-electron chi connectivity index (χ3n) is 3.39. The van der Waals surface area contributed by atoms with Crippen LogP contribution in [0.15, 0.2) is 0 Å². The van der Waals surface area contributed by atoms with Gasteiger partial charge in [-0.05, 0) is 12.8 Å². The maximum Gasteiger partial charge on any atom is 0.326 e. The lowest BCUT2D eigenvalue weighted by molar-refractivity contribution is -0.151. The summed E-state index contributed by atoms with van der Waals surface area (Å²) in [6, 6.07) is -1.22. The van der Waals surface area contributed by atoms with Crippen LogP contribution in [-0.2, 0) is 14.4 Å². The van der Waals surface area contributed by atoms with Gasteiger partial charge in [-0.3, -0.25) is 9.59 Å². The molecule has 2 amide bonds. The van der Waals surface area contributed by atoms with Crippen molar-refractivity contribution < 1.29 is 19.5 Å². The van der Waals surface area contributed by atoms with Gasteiger partial charge in [0.1, 0.15) is 12.1 Å². The molecule has 2 aliphatic heterocycles. The maximum absolute atomic E-state index is 12.3. The van der Waals surface area contributed by atoms with E-state index in [1.807, 2.05) is 0 Å². The smallest absolute Gasteiger partial charge is 0.326 e. The van der Waals surface area contributed by atoms with Crippen molar-refractivity contribution in [1.29, 1.82) is 0 Å². The van der Waals surface area contributed by atoms with Gasteiger partial charge in [0.2, 0.25) is 11.8 Å². The molecule has 2 fully saturated rings. The lowest BCUT2D eigenvalue weighted by Gasteiger charge is -2.28. The number of hydrogen-bond acceptors (Lipinski definition) is 4. The number of carbonyl (C=O) groups is 3.